The van der Waals surface area contributed by atoms with Gasteiger partial charge in [0, 0.05) is 29.7 Å². The van der Waals surface area contributed by atoms with E-state index in [4.69, 9.17) is 29.6 Å². The smallest absolute Gasteiger partial charge is 0.104 e. The number of benzene rings is 1. The summed E-state index contributed by atoms with van der Waals surface area (Å²) in [7, 11) is 0. The van der Waals surface area contributed by atoms with E-state index in [1.807, 2.05) is 18.2 Å². The van der Waals surface area contributed by atoms with Crippen molar-refractivity contribution in [1.29, 1.82) is 0 Å². The van der Waals surface area contributed by atoms with Crippen LogP contribution >= 0.6 is 23.8 Å². The minimum Gasteiger partial charge on any atom is -0.389 e. The number of halogens is 1. The van der Waals surface area contributed by atoms with E-state index in [2.05, 4.69) is 25.7 Å². The molecular weight excluding hydrogens is 288 g/mol. The number of piperidine rings is 1. The van der Waals surface area contributed by atoms with Crippen LogP contribution in [0.2, 0.25) is 5.02 Å². The second-order valence-corrected chi connectivity index (χ2v) is 7.01. The lowest BCUT2D eigenvalue weighted by Gasteiger charge is -2.41. The molecule has 1 aliphatic heterocycles. The van der Waals surface area contributed by atoms with Crippen molar-refractivity contribution in [2.75, 3.05) is 6.54 Å². The van der Waals surface area contributed by atoms with Gasteiger partial charge >= 0.3 is 0 Å². The monoisotopic (exact) mass is 310 g/mol. The molecule has 3 unspecified atom stereocenters. The molecule has 0 aromatic heterocycles. The molecule has 2 rings (SSSR count). The van der Waals surface area contributed by atoms with Gasteiger partial charge in [-0.25, -0.2) is 0 Å². The van der Waals surface area contributed by atoms with E-state index in [0.29, 0.717) is 11.0 Å². The second kappa shape index (κ2) is 6.42. The highest BCUT2D eigenvalue weighted by Gasteiger charge is 2.28. The van der Waals surface area contributed by atoms with Crippen LogP contribution < -0.4 is 5.73 Å². The number of nitrogens with zero attached hydrogens (tertiary/aromatic N) is 1. The minimum absolute atomic E-state index is 0.395. The van der Waals surface area contributed by atoms with Crippen molar-refractivity contribution in [1.82, 2.24) is 4.90 Å². The molecule has 0 bridgehead atoms. The molecule has 2 nitrogen and oxygen atoms in total. The Morgan fingerprint density at radius 2 is 2.10 bits per heavy atom. The van der Waals surface area contributed by atoms with Crippen LogP contribution in [0.4, 0.5) is 0 Å². The van der Waals surface area contributed by atoms with Gasteiger partial charge in [0.2, 0.25) is 0 Å². The van der Waals surface area contributed by atoms with Gasteiger partial charge in [0.1, 0.15) is 4.99 Å². The average molecular weight is 311 g/mol. The van der Waals surface area contributed by atoms with E-state index in [1.165, 1.54) is 6.42 Å². The molecule has 1 fully saturated rings. The number of rotatable bonds is 3. The summed E-state index contributed by atoms with van der Waals surface area (Å²) in [6.45, 7) is 9.01. The van der Waals surface area contributed by atoms with E-state index in [0.717, 1.165) is 41.1 Å². The molecule has 0 aliphatic carbocycles. The van der Waals surface area contributed by atoms with Crippen LogP contribution in [0.3, 0.4) is 0 Å². The fourth-order valence-electron chi connectivity index (χ4n) is 3.09. The molecule has 0 radical (unpaired) electrons. The van der Waals surface area contributed by atoms with Gasteiger partial charge in [-0.05, 0) is 36.8 Å². The van der Waals surface area contributed by atoms with Crippen molar-refractivity contribution in [3.8, 4) is 0 Å². The molecule has 0 amide bonds. The maximum absolute atomic E-state index is 6.37. The Morgan fingerprint density at radius 3 is 2.70 bits per heavy atom. The van der Waals surface area contributed by atoms with Crippen molar-refractivity contribution in [2.24, 2.45) is 17.6 Å². The first kappa shape index (κ1) is 15.7. The fraction of sp³-hybridized carbons (Fsp3) is 0.562. The number of likely N-dealkylation sites (tertiary alicyclic amines) is 1. The van der Waals surface area contributed by atoms with Crippen molar-refractivity contribution in [3.05, 3.63) is 34.3 Å². The molecule has 2 N–H and O–H groups in total. The van der Waals surface area contributed by atoms with Crippen molar-refractivity contribution >= 4 is 28.8 Å². The average Bonchev–Trinajstić information content (AvgIpc) is 2.37. The maximum atomic E-state index is 6.37. The van der Waals surface area contributed by atoms with Gasteiger partial charge in [-0.3, -0.25) is 4.90 Å². The van der Waals surface area contributed by atoms with E-state index in [1.54, 1.807) is 0 Å². The highest BCUT2D eigenvalue weighted by atomic mass is 35.5. The summed E-state index contributed by atoms with van der Waals surface area (Å²) in [5.74, 6) is 1.48. The number of hydrogen-bond acceptors (Lipinski definition) is 2. The number of hydrogen-bond donors (Lipinski definition) is 1. The third-order valence-corrected chi connectivity index (χ3v) is 5.02. The molecule has 0 saturated carbocycles. The zero-order valence-corrected chi connectivity index (χ0v) is 14.0. The Kier molecular flexibility index (Phi) is 5.05. The Hall–Kier alpha value is -0.640. The molecule has 1 aromatic rings. The first-order chi connectivity index (χ1) is 9.38. The second-order valence-electron chi connectivity index (χ2n) is 6.16. The van der Waals surface area contributed by atoms with Gasteiger partial charge < -0.3 is 5.73 Å². The molecule has 110 valence electrons. The number of thiocarbonyl (C=S) groups is 1. The first-order valence-corrected chi connectivity index (χ1v) is 7.99. The summed E-state index contributed by atoms with van der Waals surface area (Å²) in [5.41, 5.74) is 7.63. The minimum atomic E-state index is 0.395. The van der Waals surface area contributed by atoms with Gasteiger partial charge in [-0.15, -0.1) is 0 Å². The summed E-state index contributed by atoms with van der Waals surface area (Å²) in [4.78, 5) is 2.92. The van der Waals surface area contributed by atoms with Gasteiger partial charge in [0.25, 0.3) is 0 Å². The van der Waals surface area contributed by atoms with Crippen LogP contribution in [0, 0.1) is 11.8 Å². The molecule has 4 heteroatoms. The predicted octanol–water partition coefficient (Wildman–Crippen LogP) is 3.84. The topological polar surface area (TPSA) is 29.3 Å². The molecule has 1 aromatic carbocycles. The van der Waals surface area contributed by atoms with Gasteiger partial charge in [-0.2, -0.15) is 0 Å². The highest BCUT2D eigenvalue weighted by molar-refractivity contribution is 7.80. The Morgan fingerprint density at radius 1 is 1.40 bits per heavy atom. The van der Waals surface area contributed by atoms with E-state index in [-0.39, 0.29) is 0 Å². The Labute approximate surface area is 132 Å². The van der Waals surface area contributed by atoms with Gasteiger partial charge in [-0.1, -0.05) is 49.8 Å². The largest absolute Gasteiger partial charge is 0.389 e. The quantitative estimate of drug-likeness (QED) is 0.860. The third kappa shape index (κ3) is 3.51. The lowest BCUT2D eigenvalue weighted by atomic mass is 9.86. The molecule has 0 spiro atoms. The maximum Gasteiger partial charge on any atom is 0.104 e. The third-order valence-electron chi connectivity index (χ3n) is 4.43. The standard InChI is InChI=1S/C16H23ClN2S/c1-10-6-11(2)12(3)19(8-10)9-14-5-4-13(16(18)20)7-15(14)17/h4-5,7,10-12H,6,8-9H2,1-3H3,(H2,18,20). The molecule has 20 heavy (non-hydrogen) atoms. The Balaban J connectivity index is 2.15. The highest BCUT2D eigenvalue weighted by Crippen LogP contribution is 2.29. The molecule has 1 saturated heterocycles. The predicted molar refractivity (Wildman–Crippen MR) is 90.2 cm³/mol. The number of nitrogens with two attached hydrogens (primary N) is 1. The summed E-state index contributed by atoms with van der Waals surface area (Å²) < 4.78 is 0. The summed E-state index contributed by atoms with van der Waals surface area (Å²) in [6.07, 6.45) is 1.31. The van der Waals surface area contributed by atoms with Crippen LogP contribution in [-0.4, -0.2) is 22.5 Å². The fourth-order valence-corrected chi connectivity index (χ4v) is 3.46. The van der Waals surface area contributed by atoms with E-state index in [9.17, 15) is 0 Å². The SMILES string of the molecule is CC1CC(C)C(C)N(Cc2ccc(C(N)=S)cc2Cl)C1. The lowest BCUT2D eigenvalue weighted by molar-refractivity contribution is 0.0730. The van der Waals surface area contributed by atoms with Crippen LogP contribution in [0.1, 0.15) is 38.3 Å². The molecule has 1 heterocycles. The van der Waals surface area contributed by atoms with Crippen LogP contribution in [0.15, 0.2) is 18.2 Å². The first-order valence-electron chi connectivity index (χ1n) is 7.20. The zero-order chi connectivity index (χ0) is 14.9. The summed E-state index contributed by atoms with van der Waals surface area (Å²) in [5, 5.41) is 0.758. The molecule has 3 atom stereocenters. The van der Waals surface area contributed by atoms with Gasteiger partial charge in [0.15, 0.2) is 0 Å². The summed E-state index contributed by atoms with van der Waals surface area (Å²) >= 11 is 11.4. The van der Waals surface area contributed by atoms with Crippen molar-refractivity contribution < 1.29 is 0 Å². The van der Waals surface area contributed by atoms with Crippen LogP contribution in [0.25, 0.3) is 0 Å². The molecular formula is C16H23ClN2S. The zero-order valence-electron chi connectivity index (χ0n) is 12.4. The van der Waals surface area contributed by atoms with E-state index < -0.39 is 0 Å². The van der Waals surface area contributed by atoms with E-state index >= 15 is 0 Å². The van der Waals surface area contributed by atoms with Crippen LogP contribution in [0.5, 0.6) is 0 Å². The Bertz CT molecular complexity index is 503. The van der Waals surface area contributed by atoms with Crippen molar-refractivity contribution in [2.45, 2.75) is 39.8 Å². The normalized spacial score (nSPS) is 27.5. The van der Waals surface area contributed by atoms with Crippen molar-refractivity contribution in [3.63, 3.8) is 0 Å². The van der Waals surface area contributed by atoms with Crippen LogP contribution in [-0.2, 0) is 6.54 Å². The lowest BCUT2D eigenvalue weighted by Crippen LogP contribution is -2.45. The molecule has 1 aliphatic rings. The summed E-state index contributed by atoms with van der Waals surface area (Å²) in [6, 6.07) is 6.48. The van der Waals surface area contributed by atoms with Gasteiger partial charge in [0.05, 0.1) is 0 Å².